The number of aromatic nitrogens is 1. The normalized spacial score (nSPS) is 10.7. The van der Waals surface area contributed by atoms with Gasteiger partial charge < -0.3 is 10.1 Å². The quantitative estimate of drug-likeness (QED) is 0.894. The Kier molecular flexibility index (Phi) is 4.79. The van der Waals surface area contributed by atoms with E-state index >= 15 is 0 Å². The molecule has 106 valence electrons. The van der Waals surface area contributed by atoms with Crippen LogP contribution in [0.4, 0.5) is 10.1 Å². The minimum Gasteiger partial charge on any atom is -0.473 e. The first kappa shape index (κ1) is 14.6. The number of nitrogens with zero attached hydrogens (tertiary/aromatic N) is 1. The zero-order valence-electron chi connectivity index (χ0n) is 11.4. The summed E-state index contributed by atoms with van der Waals surface area (Å²) in [5.41, 5.74) is 1.68. The van der Waals surface area contributed by atoms with Crippen molar-refractivity contribution in [2.75, 3.05) is 5.32 Å². The Labute approximate surface area is 122 Å². The van der Waals surface area contributed by atoms with Gasteiger partial charge in [-0.3, -0.25) is 0 Å². The standard InChI is InChI=1S/C15H16ClFN2O/c1-10(2)20-15-14(4-3-7-18-15)19-9-11-5-6-13(17)12(16)8-11/h3-8,10,19H,9H2,1-2H3. The molecule has 1 heterocycles. The number of hydrogen-bond donors (Lipinski definition) is 1. The fourth-order valence-corrected chi connectivity index (χ4v) is 1.89. The molecule has 0 spiro atoms. The van der Waals surface area contributed by atoms with E-state index in [1.807, 2.05) is 26.0 Å². The monoisotopic (exact) mass is 294 g/mol. The van der Waals surface area contributed by atoms with Gasteiger partial charge in [-0.05, 0) is 43.7 Å². The highest BCUT2D eigenvalue weighted by molar-refractivity contribution is 6.30. The van der Waals surface area contributed by atoms with Crippen LogP contribution >= 0.6 is 11.6 Å². The molecule has 1 aromatic carbocycles. The highest BCUT2D eigenvalue weighted by Crippen LogP contribution is 2.23. The van der Waals surface area contributed by atoms with Crippen LogP contribution in [-0.4, -0.2) is 11.1 Å². The molecule has 0 aliphatic carbocycles. The van der Waals surface area contributed by atoms with Crippen molar-refractivity contribution in [1.29, 1.82) is 0 Å². The van der Waals surface area contributed by atoms with Crippen molar-refractivity contribution >= 4 is 17.3 Å². The van der Waals surface area contributed by atoms with Crippen molar-refractivity contribution in [3.8, 4) is 5.88 Å². The van der Waals surface area contributed by atoms with Gasteiger partial charge in [-0.2, -0.15) is 0 Å². The van der Waals surface area contributed by atoms with Gasteiger partial charge >= 0.3 is 0 Å². The fourth-order valence-electron chi connectivity index (χ4n) is 1.69. The lowest BCUT2D eigenvalue weighted by Crippen LogP contribution is -2.10. The molecule has 1 N–H and O–H groups in total. The van der Waals surface area contributed by atoms with Crippen LogP contribution < -0.4 is 10.1 Å². The summed E-state index contributed by atoms with van der Waals surface area (Å²) in [5, 5.41) is 3.33. The van der Waals surface area contributed by atoms with E-state index in [1.54, 1.807) is 18.3 Å². The largest absolute Gasteiger partial charge is 0.473 e. The van der Waals surface area contributed by atoms with Crippen molar-refractivity contribution in [2.24, 2.45) is 0 Å². The first-order valence-corrected chi connectivity index (χ1v) is 6.73. The third-order valence-electron chi connectivity index (χ3n) is 2.59. The molecule has 0 amide bonds. The summed E-state index contributed by atoms with van der Waals surface area (Å²) >= 11 is 5.76. The van der Waals surface area contributed by atoms with Crippen LogP contribution in [0.2, 0.25) is 5.02 Å². The van der Waals surface area contributed by atoms with Crippen molar-refractivity contribution in [3.63, 3.8) is 0 Å². The smallest absolute Gasteiger partial charge is 0.237 e. The number of benzene rings is 1. The first-order chi connectivity index (χ1) is 9.56. The van der Waals surface area contributed by atoms with Crippen LogP contribution in [0.5, 0.6) is 5.88 Å². The van der Waals surface area contributed by atoms with Gasteiger partial charge in [0, 0.05) is 12.7 Å². The second-order valence-corrected chi connectivity index (χ2v) is 5.03. The minimum atomic E-state index is -0.416. The number of anilines is 1. The average molecular weight is 295 g/mol. The van der Waals surface area contributed by atoms with Crippen LogP contribution in [0.1, 0.15) is 19.4 Å². The zero-order valence-corrected chi connectivity index (χ0v) is 12.1. The van der Waals surface area contributed by atoms with E-state index in [0.717, 1.165) is 11.3 Å². The van der Waals surface area contributed by atoms with Gasteiger partial charge in [0.05, 0.1) is 16.8 Å². The fraction of sp³-hybridized carbons (Fsp3) is 0.267. The third-order valence-corrected chi connectivity index (χ3v) is 2.88. The Bertz CT molecular complexity index is 590. The van der Waals surface area contributed by atoms with E-state index in [-0.39, 0.29) is 11.1 Å². The predicted molar refractivity (Wildman–Crippen MR) is 78.7 cm³/mol. The van der Waals surface area contributed by atoms with Crippen LogP contribution in [0, 0.1) is 5.82 Å². The molecule has 1 aromatic heterocycles. The molecule has 0 saturated carbocycles. The molecule has 0 radical (unpaired) electrons. The lowest BCUT2D eigenvalue weighted by Gasteiger charge is -2.14. The number of hydrogen-bond acceptors (Lipinski definition) is 3. The molecule has 0 saturated heterocycles. The summed E-state index contributed by atoms with van der Waals surface area (Å²) in [6.45, 7) is 4.40. The lowest BCUT2D eigenvalue weighted by atomic mass is 10.2. The van der Waals surface area contributed by atoms with E-state index in [2.05, 4.69) is 10.3 Å². The summed E-state index contributed by atoms with van der Waals surface area (Å²) in [5.74, 6) is 0.135. The molecule has 0 fully saturated rings. The third kappa shape index (κ3) is 3.84. The molecule has 3 nitrogen and oxygen atoms in total. The maximum atomic E-state index is 13.1. The molecule has 0 bridgehead atoms. The number of ether oxygens (including phenoxy) is 1. The summed E-state index contributed by atoms with van der Waals surface area (Å²) in [4.78, 5) is 4.19. The van der Waals surface area contributed by atoms with Crippen LogP contribution in [0.3, 0.4) is 0 Å². The van der Waals surface area contributed by atoms with Gasteiger partial charge in [0.1, 0.15) is 5.82 Å². The maximum Gasteiger partial charge on any atom is 0.237 e. The van der Waals surface area contributed by atoms with Crippen molar-refractivity contribution < 1.29 is 9.13 Å². The molecule has 20 heavy (non-hydrogen) atoms. The molecule has 5 heteroatoms. The van der Waals surface area contributed by atoms with Crippen molar-refractivity contribution in [1.82, 2.24) is 4.98 Å². The van der Waals surface area contributed by atoms with Gasteiger partial charge in [0.15, 0.2) is 0 Å². The van der Waals surface area contributed by atoms with Gasteiger partial charge in [-0.1, -0.05) is 17.7 Å². The Morgan fingerprint density at radius 2 is 2.15 bits per heavy atom. The molecular formula is C15H16ClFN2O. The van der Waals surface area contributed by atoms with Gasteiger partial charge in [-0.15, -0.1) is 0 Å². The number of nitrogens with one attached hydrogen (secondary N) is 1. The number of pyridine rings is 1. The second kappa shape index (κ2) is 6.57. The SMILES string of the molecule is CC(C)Oc1ncccc1NCc1ccc(F)c(Cl)c1. The van der Waals surface area contributed by atoms with Gasteiger partial charge in [0.25, 0.3) is 0 Å². The number of rotatable bonds is 5. The topological polar surface area (TPSA) is 34.1 Å². The Morgan fingerprint density at radius 1 is 1.35 bits per heavy atom. The minimum absolute atomic E-state index is 0.0470. The molecular weight excluding hydrogens is 279 g/mol. The van der Waals surface area contributed by atoms with E-state index in [0.29, 0.717) is 12.4 Å². The molecule has 2 aromatic rings. The number of halogens is 2. The summed E-state index contributed by atoms with van der Waals surface area (Å²) in [6.07, 6.45) is 1.73. The first-order valence-electron chi connectivity index (χ1n) is 6.35. The van der Waals surface area contributed by atoms with E-state index < -0.39 is 5.82 Å². The van der Waals surface area contributed by atoms with E-state index in [4.69, 9.17) is 16.3 Å². The molecule has 2 rings (SSSR count). The van der Waals surface area contributed by atoms with Crippen LogP contribution in [0.15, 0.2) is 36.5 Å². The molecule has 0 unspecified atom stereocenters. The van der Waals surface area contributed by atoms with Crippen molar-refractivity contribution in [2.45, 2.75) is 26.5 Å². The van der Waals surface area contributed by atoms with Gasteiger partial charge in [-0.25, -0.2) is 9.37 Å². The average Bonchev–Trinajstić information content (AvgIpc) is 2.41. The molecule has 0 aliphatic rings. The highest BCUT2D eigenvalue weighted by Gasteiger charge is 2.07. The van der Waals surface area contributed by atoms with E-state index in [9.17, 15) is 4.39 Å². The van der Waals surface area contributed by atoms with Crippen LogP contribution in [-0.2, 0) is 6.54 Å². The van der Waals surface area contributed by atoms with Gasteiger partial charge in [0.2, 0.25) is 5.88 Å². The summed E-state index contributed by atoms with van der Waals surface area (Å²) < 4.78 is 18.7. The summed E-state index contributed by atoms with van der Waals surface area (Å²) in [6, 6.07) is 8.36. The Hall–Kier alpha value is -1.81. The predicted octanol–water partition coefficient (Wildman–Crippen LogP) is 4.27. The zero-order chi connectivity index (χ0) is 14.5. The molecule has 0 atom stereocenters. The van der Waals surface area contributed by atoms with Crippen LogP contribution in [0.25, 0.3) is 0 Å². The maximum absolute atomic E-state index is 13.1. The lowest BCUT2D eigenvalue weighted by molar-refractivity contribution is 0.234. The van der Waals surface area contributed by atoms with Crippen molar-refractivity contribution in [3.05, 3.63) is 52.9 Å². The second-order valence-electron chi connectivity index (χ2n) is 4.62. The summed E-state index contributed by atoms with van der Waals surface area (Å²) in [7, 11) is 0. The highest BCUT2D eigenvalue weighted by atomic mass is 35.5. The molecule has 0 aliphatic heterocycles. The Balaban J connectivity index is 2.08. The Morgan fingerprint density at radius 3 is 2.85 bits per heavy atom. The van der Waals surface area contributed by atoms with E-state index in [1.165, 1.54) is 6.07 Å².